The van der Waals surface area contributed by atoms with E-state index in [1.165, 1.54) is 55.2 Å². The molecule has 6 heterocycles. The second-order valence-electron chi connectivity index (χ2n) is 13.2. The van der Waals surface area contributed by atoms with Gasteiger partial charge in [0.2, 0.25) is 11.8 Å². The van der Waals surface area contributed by atoms with Crippen molar-refractivity contribution in [3.8, 4) is 22.9 Å². The molecule has 4 bridgehead atoms. The van der Waals surface area contributed by atoms with Crippen LogP contribution >= 0.6 is 0 Å². The first-order valence-corrected chi connectivity index (χ1v) is 17.6. The largest absolute Gasteiger partial charge is 0.619 e. The predicted octanol–water partition coefficient (Wildman–Crippen LogP) is 11.3. The van der Waals surface area contributed by atoms with Crippen LogP contribution in [-0.4, -0.2) is 32.1 Å². The summed E-state index contributed by atoms with van der Waals surface area (Å²) in [5.41, 5.74) is 20.9. The summed E-state index contributed by atoms with van der Waals surface area (Å²) >= 11 is 0. The van der Waals surface area contributed by atoms with Crippen LogP contribution in [0, 0.1) is 27.7 Å². The Labute approximate surface area is 347 Å². The van der Waals surface area contributed by atoms with Crippen molar-refractivity contribution >= 4 is 11.4 Å². The third-order valence-electron chi connectivity index (χ3n) is 10.1. The van der Waals surface area contributed by atoms with Gasteiger partial charge in [-0.05, 0) is 101 Å². The van der Waals surface area contributed by atoms with Gasteiger partial charge in [-0.25, -0.2) is 9.97 Å². The zero-order valence-corrected chi connectivity index (χ0v) is 35.8. The molecule has 0 amide bonds. The van der Waals surface area contributed by atoms with Crippen molar-refractivity contribution in [2.75, 3.05) is 0 Å². The SMILES string of the molecule is CC.Cc1coc(-c2cc([N-]N3C4CCC3CC4)ccc2C)n1.Cc1coc(-c2cc([N-]N3C4CCC3c3ccccc34)ccc2C)n1.[Y].[Y]. The molecule has 2 aromatic heterocycles. The Kier molecular flexibility index (Phi) is 13.3. The van der Waals surface area contributed by atoms with Crippen LogP contribution in [0.1, 0.15) is 98.1 Å². The summed E-state index contributed by atoms with van der Waals surface area (Å²) in [6.07, 6.45) is 10.9. The molecule has 5 aromatic rings. The second kappa shape index (κ2) is 17.1. The number of rotatable bonds is 6. The van der Waals surface area contributed by atoms with Crippen molar-refractivity contribution in [2.24, 2.45) is 0 Å². The Hall–Kier alpha value is -2.19. The van der Waals surface area contributed by atoms with Crippen molar-refractivity contribution < 1.29 is 74.3 Å². The van der Waals surface area contributed by atoms with Gasteiger partial charge in [-0.1, -0.05) is 74.5 Å². The molecule has 2 radical (unpaired) electrons. The van der Waals surface area contributed by atoms with Crippen molar-refractivity contribution in [2.45, 2.75) is 104 Å². The van der Waals surface area contributed by atoms with Crippen molar-refractivity contribution in [1.29, 1.82) is 0 Å². The number of benzene rings is 3. The Balaban J connectivity index is 0.000000181. The molecule has 2 atom stereocenters. The topological polar surface area (TPSA) is 86.7 Å². The van der Waals surface area contributed by atoms with Gasteiger partial charge >= 0.3 is 0 Å². The average Bonchev–Trinajstić information content (AvgIpc) is 3.98. The molecular formula is C40H46N6O2Y2-2. The van der Waals surface area contributed by atoms with E-state index < -0.39 is 0 Å². The van der Waals surface area contributed by atoms with E-state index >= 15 is 0 Å². The molecule has 9 rings (SSSR count). The summed E-state index contributed by atoms with van der Waals surface area (Å²) in [5, 5.41) is 4.62. The van der Waals surface area contributed by atoms with Gasteiger partial charge in [0.15, 0.2) is 0 Å². The van der Waals surface area contributed by atoms with Crippen molar-refractivity contribution in [3.63, 3.8) is 0 Å². The van der Waals surface area contributed by atoms with Crippen LogP contribution in [0.3, 0.4) is 0 Å². The number of aromatic nitrogens is 2. The molecule has 2 unspecified atom stereocenters. The first-order chi connectivity index (χ1) is 23.4. The Bertz CT molecular complexity index is 1840. The maximum atomic E-state index is 5.60. The fourth-order valence-corrected chi connectivity index (χ4v) is 7.73. The molecule has 8 nitrogen and oxygen atoms in total. The first kappa shape index (κ1) is 39.0. The number of hydrogen-bond acceptors (Lipinski definition) is 6. The number of nitrogens with zero attached hydrogens (tertiary/aromatic N) is 6. The van der Waals surface area contributed by atoms with E-state index in [4.69, 9.17) is 19.7 Å². The molecule has 0 saturated carbocycles. The Morgan fingerprint density at radius 3 is 1.40 bits per heavy atom. The molecule has 0 spiro atoms. The van der Waals surface area contributed by atoms with Crippen molar-refractivity contribution in [1.82, 2.24) is 20.0 Å². The van der Waals surface area contributed by atoms with E-state index in [2.05, 4.69) is 94.5 Å². The summed E-state index contributed by atoms with van der Waals surface area (Å²) in [7, 11) is 0. The van der Waals surface area contributed by atoms with Crippen LogP contribution in [0.4, 0.5) is 11.4 Å². The van der Waals surface area contributed by atoms with E-state index in [9.17, 15) is 0 Å². The van der Waals surface area contributed by atoms with Gasteiger partial charge in [0.25, 0.3) is 0 Å². The fourth-order valence-electron chi connectivity index (χ4n) is 7.73. The van der Waals surface area contributed by atoms with Crippen molar-refractivity contribution in [3.05, 3.63) is 118 Å². The van der Waals surface area contributed by atoms with Crippen LogP contribution in [0.5, 0.6) is 0 Å². The van der Waals surface area contributed by atoms with Gasteiger partial charge in [0.1, 0.15) is 12.5 Å². The van der Waals surface area contributed by atoms with Crippen LogP contribution < -0.4 is 0 Å². The number of aryl methyl sites for hydroxylation is 4. The maximum Gasteiger partial charge on any atom is 0.226 e. The zero-order chi connectivity index (χ0) is 33.4. The van der Waals surface area contributed by atoms with Gasteiger partial charge < -0.3 is 29.7 Å². The predicted molar refractivity (Wildman–Crippen MR) is 191 cm³/mol. The van der Waals surface area contributed by atoms with Crippen LogP contribution in [0.2, 0.25) is 0 Å². The number of fused-ring (bicyclic) bond motifs is 7. The molecule has 256 valence electrons. The molecule has 4 aliphatic heterocycles. The average molecular weight is 821 g/mol. The molecule has 0 aliphatic carbocycles. The number of hydrogen-bond donors (Lipinski definition) is 0. The zero-order valence-electron chi connectivity index (χ0n) is 30.1. The molecular weight excluding hydrogens is 774 g/mol. The first-order valence-electron chi connectivity index (χ1n) is 17.6. The van der Waals surface area contributed by atoms with E-state index in [1.54, 1.807) is 12.5 Å². The molecule has 0 N–H and O–H groups in total. The smallest absolute Gasteiger partial charge is 0.226 e. The summed E-state index contributed by atoms with van der Waals surface area (Å²) in [5.74, 6) is 1.35. The monoisotopic (exact) mass is 820 g/mol. The fraction of sp³-hybridized carbons (Fsp3) is 0.400. The molecule has 4 aliphatic rings. The number of oxazole rings is 2. The minimum atomic E-state index is 0. The quantitative estimate of drug-likeness (QED) is 0.170. The van der Waals surface area contributed by atoms with E-state index in [0.717, 1.165) is 39.5 Å². The van der Waals surface area contributed by atoms with Gasteiger partial charge in [-0.3, -0.25) is 0 Å². The maximum absolute atomic E-state index is 5.60. The minimum absolute atomic E-state index is 0. The summed E-state index contributed by atoms with van der Waals surface area (Å²) < 4.78 is 11.1. The minimum Gasteiger partial charge on any atom is -0.619 e. The standard InChI is InChI=1S/C21H20N3O.C17H20N3O.C2H6.2Y/c1-13-7-8-15(11-18(13)21-22-14(2)12-25-21)23-24-19-9-10-20(24)17-6-4-3-5-16(17)19;1-11-3-4-13(9-16(11)17-18-12(2)10-21-17)19-20-14-5-6-15(20)8-7-14;1-2;;/h3-8,11-12,19-20H,9-10H2,1-2H3;3-4,9-10,14-15H,5-8H2,1-2H3;1-2H3;;/q2*-1;;;. The second-order valence-corrected chi connectivity index (χ2v) is 13.2. The summed E-state index contributed by atoms with van der Waals surface area (Å²) in [4.78, 5) is 8.90. The van der Waals surface area contributed by atoms with Crippen LogP contribution in [-0.2, 0) is 65.4 Å². The van der Waals surface area contributed by atoms with E-state index in [1.807, 2.05) is 27.7 Å². The van der Waals surface area contributed by atoms with Gasteiger partial charge in [0.05, 0.1) is 11.4 Å². The third-order valence-corrected chi connectivity index (χ3v) is 10.1. The molecule has 50 heavy (non-hydrogen) atoms. The summed E-state index contributed by atoms with van der Waals surface area (Å²) in [6, 6.07) is 23.4. The molecule has 3 saturated heterocycles. The normalized spacial score (nSPS) is 21.2. The van der Waals surface area contributed by atoms with Crippen LogP contribution in [0.15, 0.2) is 82.0 Å². The summed E-state index contributed by atoms with van der Waals surface area (Å²) in [6.45, 7) is 12.0. The Morgan fingerprint density at radius 2 is 1.00 bits per heavy atom. The third kappa shape index (κ3) is 7.91. The van der Waals surface area contributed by atoms with E-state index in [0.29, 0.717) is 35.9 Å². The molecule has 3 fully saturated rings. The van der Waals surface area contributed by atoms with Crippen LogP contribution in [0.25, 0.3) is 33.8 Å². The van der Waals surface area contributed by atoms with Gasteiger partial charge in [0, 0.05) is 88.6 Å². The van der Waals surface area contributed by atoms with Gasteiger partial charge in [-0.15, -0.1) is 11.4 Å². The van der Waals surface area contributed by atoms with E-state index in [-0.39, 0.29) is 65.4 Å². The Morgan fingerprint density at radius 1 is 0.580 bits per heavy atom. The molecule has 3 aromatic carbocycles. The van der Waals surface area contributed by atoms with Gasteiger partial charge in [-0.2, -0.15) is 0 Å². The molecule has 10 heteroatoms.